The van der Waals surface area contributed by atoms with E-state index in [1.807, 2.05) is 18.6 Å². The number of H-pyrrole nitrogens is 2. The van der Waals surface area contributed by atoms with Crippen LogP contribution >= 0.6 is 0 Å². The summed E-state index contributed by atoms with van der Waals surface area (Å²) in [7, 11) is 0. The Labute approximate surface area is 161 Å². The minimum absolute atomic E-state index is 0.168. The molecule has 28 heavy (non-hydrogen) atoms. The Balaban J connectivity index is 1.46. The summed E-state index contributed by atoms with van der Waals surface area (Å²) in [6, 6.07) is 2.41. The zero-order chi connectivity index (χ0) is 18.9. The average Bonchev–Trinajstić information content (AvgIpc) is 3.39. The lowest BCUT2D eigenvalue weighted by atomic mass is 9.93. The molecule has 0 amide bonds. The molecule has 1 fully saturated rings. The number of aliphatic hydroxyl groups excluding tert-OH is 1. The molecule has 1 saturated carbocycles. The Hall–Kier alpha value is -3.26. The summed E-state index contributed by atoms with van der Waals surface area (Å²) in [6.45, 7) is 0. The number of hydrogen-bond donors (Lipinski definition) is 4. The third kappa shape index (κ3) is 3.22. The van der Waals surface area contributed by atoms with Crippen LogP contribution in [0.25, 0.3) is 33.4 Å². The number of aliphatic hydroxyl groups is 1. The van der Waals surface area contributed by atoms with Gasteiger partial charge in [0.15, 0.2) is 0 Å². The van der Waals surface area contributed by atoms with E-state index in [1.54, 1.807) is 18.6 Å². The molecule has 1 aliphatic rings. The fraction of sp³-hybridized carbons (Fsp3) is 0.300. The molecule has 0 aromatic carbocycles. The fourth-order valence-electron chi connectivity index (χ4n) is 3.78. The second-order valence-electron chi connectivity index (χ2n) is 7.25. The van der Waals surface area contributed by atoms with E-state index < -0.39 is 0 Å². The Morgan fingerprint density at radius 2 is 1.89 bits per heavy atom. The molecule has 0 bridgehead atoms. The molecular weight excluding hydrogens is 354 g/mol. The molecule has 4 heterocycles. The van der Waals surface area contributed by atoms with Crippen molar-refractivity contribution >= 4 is 16.9 Å². The summed E-state index contributed by atoms with van der Waals surface area (Å²) in [5.41, 5.74) is 4.54. The van der Waals surface area contributed by atoms with Crippen LogP contribution in [0.4, 0.5) is 5.82 Å². The van der Waals surface area contributed by atoms with Gasteiger partial charge < -0.3 is 15.4 Å². The van der Waals surface area contributed by atoms with Crippen LogP contribution in [-0.2, 0) is 0 Å². The molecule has 8 nitrogen and oxygen atoms in total. The standard InChI is InChI=1S/C20H21N7O/c28-15-3-1-14(2-4-15)26-19-11-21-10-18(27-19)17-9-23-20-16(17)5-12(6-22-20)13-7-24-25-8-13/h5-11,14-15,28H,1-4H2,(H,22,23)(H,24,25)(H,26,27). The normalized spacial score (nSPS) is 19.8. The molecule has 1 aliphatic carbocycles. The van der Waals surface area contributed by atoms with Crippen LogP contribution in [0.2, 0.25) is 0 Å². The lowest BCUT2D eigenvalue weighted by Crippen LogP contribution is -2.28. The van der Waals surface area contributed by atoms with E-state index in [2.05, 4.69) is 36.5 Å². The third-order valence-electron chi connectivity index (χ3n) is 5.32. The number of nitrogens with one attached hydrogen (secondary N) is 3. The average molecular weight is 375 g/mol. The molecule has 0 spiro atoms. The van der Waals surface area contributed by atoms with Gasteiger partial charge in [0.05, 0.1) is 30.4 Å². The molecule has 4 N–H and O–H groups in total. The first-order valence-corrected chi connectivity index (χ1v) is 9.49. The summed E-state index contributed by atoms with van der Waals surface area (Å²) in [5.74, 6) is 0.757. The maximum Gasteiger partial charge on any atom is 0.145 e. The topological polar surface area (TPSA) is 115 Å². The largest absolute Gasteiger partial charge is 0.393 e. The molecule has 0 radical (unpaired) electrons. The summed E-state index contributed by atoms with van der Waals surface area (Å²) in [4.78, 5) is 16.9. The molecular formula is C20H21N7O. The van der Waals surface area contributed by atoms with Crippen LogP contribution < -0.4 is 5.32 Å². The van der Waals surface area contributed by atoms with Gasteiger partial charge in [-0.3, -0.25) is 10.1 Å². The number of aromatic amines is 2. The summed E-state index contributed by atoms with van der Waals surface area (Å²) < 4.78 is 0. The van der Waals surface area contributed by atoms with Crippen molar-refractivity contribution in [3.05, 3.63) is 43.2 Å². The molecule has 0 unspecified atom stereocenters. The van der Waals surface area contributed by atoms with Gasteiger partial charge >= 0.3 is 0 Å². The van der Waals surface area contributed by atoms with E-state index >= 15 is 0 Å². The van der Waals surface area contributed by atoms with Crippen molar-refractivity contribution in [1.29, 1.82) is 0 Å². The summed E-state index contributed by atoms with van der Waals surface area (Å²) in [6.07, 6.45) is 14.3. The molecule has 0 saturated heterocycles. The first-order valence-electron chi connectivity index (χ1n) is 9.49. The number of aromatic nitrogens is 6. The van der Waals surface area contributed by atoms with Gasteiger partial charge in [0.1, 0.15) is 11.5 Å². The SMILES string of the molecule is OC1CCC(Nc2cncc(-c3c[nH]c4ncc(-c5cn[nH]c5)cc34)n2)CC1. The van der Waals surface area contributed by atoms with Crippen molar-refractivity contribution in [2.45, 2.75) is 37.8 Å². The molecule has 5 rings (SSSR count). The highest BCUT2D eigenvalue weighted by molar-refractivity contribution is 5.94. The van der Waals surface area contributed by atoms with Gasteiger partial charge in [0.2, 0.25) is 0 Å². The van der Waals surface area contributed by atoms with Crippen LogP contribution in [0.3, 0.4) is 0 Å². The Morgan fingerprint density at radius 3 is 2.71 bits per heavy atom. The smallest absolute Gasteiger partial charge is 0.145 e. The molecule has 0 atom stereocenters. The zero-order valence-electron chi connectivity index (χ0n) is 15.3. The van der Waals surface area contributed by atoms with E-state index in [4.69, 9.17) is 4.98 Å². The van der Waals surface area contributed by atoms with E-state index in [0.717, 1.165) is 64.9 Å². The van der Waals surface area contributed by atoms with Crippen molar-refractivity contribution in [2.75, 3.05) is 5.32 Å². The van der Waals surface area contributed by atoms with E-state index in [-0.39, 0.29) is 6.10 Å². The van der Waals surface area contributed by atoms with Crippen molar-refractivity contribution in [3.63, 3.8) is 0 Å². The second-order valence-corrected chi connectivity index (χ2v) is 7.25. The highest BCUT2D eigenvalue weighted by Gasteiger charge is 2.20. The number of nitrogens with zero attached hydrogens (tertiary/aromatic N) is 4. The number of anilines is 1. The quantitative estimate of drug-likeness (QED) is 0.436. The van der Waals surface area contributed by atoms with Gasteiger partial charge in [-0.05, 0) is 31.7 Å². The third-order valence-corrected chi connectivity index (χ3v) is 5.32. The van der Waals surface area contributed by atoms with Gasteiger partial charge in [-0.2, -0.15) is 5.10 Å². The number of fused-ring (bicyclic) bond motifs is 1. The minimum Gasteiger partial charge on any atom is -0.393 e. The van der Waals surface area contributed by atoms with Gasteiger partial charge in [0, 0.05) is 46.7 Å². The number of rotatable bonds is 4. The van der Waals surface area contributed by atoms with Crippen LogP contribution in [0.15, 0.2) is 43.2 Å². The number of pyridine rings is 1. The van der Waals surface area contributed by atoms with Crippen LogP contribution in [0.1, 0.15) is 25.7 Å². The lowest BCUT2D eigenvalue weighted by molar-refractivity contribution is 0.126. The lowest BCUT2D eigenvalue weighted by Gasteiger charge is -2.26. The minimum atomic E-state index is -0.168. The molecule has 4 aromatic heterocycles. The van der Waals surface area contributed by atoms with E-state index in [9.17, 15) is 5.11 Å². The van der Waals surface area contributed by atoms with Crippen LogP contribution in [0.5, 0.6) is 0 Å². The maximum absolute atomic E-state index is 9.68. The molecule has 142 valence electrons. The predicted molar refractivity (Wildman–Crippen MR) is 107 cm³/mol. The first kappa shape index (κ1) is 16.9. The maximum atomic E-state index is 9.68. The Bertz CT molecular complexity index is 1080. The van der Waals surface area contributed by atoms with Gasteiger partial charge in [0.25, 0.3) is 0 Å². The summed E-state index contributed by atoms with van der Waals surface area (Å²) in [5, 5.41) is 21.0. The Morgan fingerprint density at radius 1 is 1.00 bits per heavy atom. The van der Waals surface area contributed by atoms with E-state index in [1.165, 1.54) is 0 Å². The number of hydrogen-bond acceptors (Lipinski definition) is 6. The zero-order valence-corrected chi connectivity index (χ0v) is 15.3. The monoisotopic (exact) mass is 375 g/mol. The highest BCUT2D eigenvalue weighted by atomic mass is 16.3. The second kappa shape index (κ2) is 7.05. The van der Waals surface area contributed by atoms with Gasteiger partial charge in [-0.15, -0.1) is 0 Å². The summed E-state index contributed by atoms with van der Waals surface area (Å²) >= 11 is 0. The van der Waals surface area contributed by atoms with E-state index in [0.29, 0.717) is 6.04 Å². The predicted octanol–water partition coefficient (Wildman–Crippen LogP) is 3.13. The van der Waals surface area contributed by atoms with Crippen LogP contribution in [0, 0.1) is 0 Å². The fourth-order valence-corrected chi connectivity index (χ4v) is 3.78. The van der Waals surface area contributed by atoms with Gasteiger partial charge in [-0.25, -0.2) is 9.97 Å². The molecule has 8 heteroatoms. The van der Waals surface area contributed by atoms with Crippen molar-refractivity contribution in [1.82, 2.24) is 30.1 Å². The highest BCUT2D eigenvalue weighted by Crippen LogP contribution is 2.30. The molecule has 4 aromatic rings. The van der Waals surface area contributed by atoms with Crippen molar-refractivity contribution < 1.29 is 5.11 Å². The van der Waals surface area contributed by atoms with Gasteiger partial charge in [-0.1, -0.05) is 0 Å². The van der Waals surface area contributed by atoms with Crippen molar-refractivity contribution in [2.24, 2.45) is 0 Å². The van der Waals surface area contributed by atoms with Crippen molar-refractivity contribution in [3.8, 4) is 22.4 Å². The Kier molecular flexibility index (Phi) is 4.25. The van der Waals surface area contributed by atoms with Crippen LogP contribution in [-0.4, -0.2) is 47.4 Å². The first-order chi connectivity index (χ1) is 13.8. The molecule has 0 aliphatic heterocycles.